The van der Waals surface area contributed by atoms with Gasteiger partial charge in [-0.3, -0.25) is 0 Å². The molecule has 0 aliphatic heterocycles. The average molecular weight is 628 g/mol. The van der Waals surface area contributed by atoms with Crippen molar-refractivity contribution in [1.29, 1.82) is 0 Å². The topological polar surface area (TPSA) is 131 Å². The Morgan fingerprint density at radius 1 is 1.07 bits per heavy atom. The Balaban J connectivity index is 1.10. The number of aliphatic hydroxyl groups excluding tert-OH is 2. The maximum atomic E-state index is 12.9. The van der Waals surface area contributed by atoms with Crippen molar-refractivity contribution in [2.24, 2.45) is 52.3 Å². The molecule has 4 fully saturated rings. The molecule has 44 heavy (non-hydrogen) atoms. The quantitative estimate of drug-likeness (QED) is 0.367. The minimum Gasteiger partial charge on any atom is -0.449 e. The summed E-state index contributed by atoms with van der Waals surface area (Å²) in [4.78, 5) is 12.7. The van der Waals surface area contributed by atoms with E-state index in [9.17, 15) is 23.4 Å². The van der Waals surface area contributed by atoms with Crippen LogP contribution in [0.3, 0.4) is 0 Å². The smallest absolute Gasteiger partial charge is 0.421 e. The van der Waals surface area contributed by atoms with E-state index in [-0.39, 0.29) is 52.3 Å². The van der Waals surface area contributed by atoms with E-state index in [4.69, 9.17) is 4.74 Å². The van der Waals surface area contributed by atoms with Crippen LogP contribution >= 0.6 is 0 Å². The van der Waals surface area contributed by atoms with Crippen molar-refractivity contribution in [1.82, 2.24) is 14.5 Å². The van der Waals surface area contributed by atoms with Gasteiger partial charge in [-0.15, -0.1) is 0 Å². The Labute approximate surface area is 261 Å². The lowest BCUT2D eigenvalue weighted by Gasteiger charge is -2.64. The van der Waals surface area contributed by atoms with Crippen LogP contribution in [0.5, 0.6) is 0 Å². The second kappa shape index (κ2) is 11.7. The Kier molecular flexibility index (Phi) is 8.42. The first-order valence-corrected chi connectivity index (χ1v) is 18.0. The van der Waals surface area contributed by atoms with Crippen molar-refractivity contribution in [2.45, 2.75) is 96.2 Å². The van der Waals surface area contributed by atoms with Gasteiger partial charge in [0.25, 0.3) is 10.0 Å². The van der Waals surface area contributed by atoms with E-state index < -0.39 is 16.1 Å². The number of amides is 1. The van der Waals surface area contributed by atoms with Crippen molar-refractivity contribution in [3.8, 4) is 5.69 Å². The number of carbonyl (C=O) groups is 1. The lowest BCUT2D eigenvalue weighted by atomic mass is 9.41. The number of ether oxygens (including phenoxy) is 1. The van der Waals surface area contributed by atoms with Gasteiger partial charge in [0.1, 0.15) is 0 Å². The standard InChI is InChI=1S/C34H49N3O6S/c1-5-25-29-19-23(38)13-15-34(29,4)28-14-16-33(3)26(11-12-27(33)30(28)31(25)39)21(2)20-43-32(40)36-44(41,42)24-9-7-22(8-10-24)37-18-6-17-35-37/h6-10,17-18,21,23,25-31,38-39H,5,11-16,19-20H2,1-4H3,(H,36,40)/t21-,23-,25-,26-,27+,28+,29?,30?,31-,33?,34+/m1/s1. The summed E-state index contributed by atoms with van der Waals surface area (Å²) >= 11 is 0. The number of hydrogen-bond acceptors (Lipinski definition) is 7. The van der Waals surface area contributed by atoms with E-state index in [1.807, 2.05) is 0 Å². The van der Waals surface area contributed by atoms with E-state index >= 15 is 0 Å². The molecule has 0 radical (unpaired) electrons. The first-order valence-electron chi connectivity index (χ1n) is 16.5. The van der Waals surface area contributed by atoms with Crippen LogP contribution in [0.2, 0.25) is 0 Å². The highest BCUT2D eigenvalue weighted by atomic mass is 32.2. The number of hydrogen-bond donors (Lipinski definition) is 3. The molecular weight excluding hydrogens is 578 g/mol. The van der Waals surface area contributed by atoms with Crippen LogP contribution in [0.15, 0.2) is 47.6 Å². The van der Waals surface area contributed by atoms with Gasteiger partial charge in [0, 0.05) is 12.4 Å². The van der Waals surface area contributed by atoms with E-state index in [0.717, 1.165) is 51.4 Å². The van der Waals surface area contributed by atoms with Gasteiger partial charge < -0.3 is 14.9 Å². The van der Waals surface area contributed by atoms with Gasteiger partial charge in [0.15, 0.2) is 0 Å². The number of sulfonamides is 1. The molecule has 0 bridgehead atoms. The molecule has 3 unspecified atom stereocenters. The molecule has 10 heteroatoms. The molecular formula is C34H49N3O6S. The van der Waals surface area contributed by atoms with Crippen molar-refractivity contribution in [3.05, 3.63) is 42.7 Å². The zero-order chi connectivity index (χ0) is 31.4. The third-order valence-corrected chi connectivity index (χ3v) is 14.1. The summed E-state index contributed by atoms with van der Waals surface area (Å²) in [6.07, 6.45) is 9.68. The van der Waals surface area contributed by atoms with E-state index in [0.29, 0.717) is 29.4 Å². The zero-order valence-corrected chi connectivity index (χ0v) is 27.2. The van der Waals surface area contributed by atoms with Crippen LogP contribution < -0.4 is 4.72 Å². The van der Waals surface area contributed by atoms with E-state index in [1.165, 1.54) is 12.1 Å². The zero-order valence-electron chi connectivity index (χ0n) is 26.4. The summed E-state index contributed by atoms with van der Waals surface area (Å²) in [6, 6.07) is 7.91. The molecule has 1 heterocycles. The summed E-state index contributed by atoms with van der Waals surface area (Å²) in [7, 11) is -4.09. The lowest BCUT2D eigenvalue weighted by Crippen LogP contribution is -2.62. The molecule has 1 aromatic carbocycles. The monoisotopic (exact) mass is 627 g/mol. The van der Waals surface area contributed by atoms with Crippen molar-refractivity contribution >= 4 is 16.1 Å². The SMILES string of the molecule is CC[C@@H]1C2C[C@H](O)CC[C@@]2(C)[C@H]2CCC3(C)[C@@H]([C@H](C)COC(=O)NS(=O)(=O)c4ccc(-n5cccn5)cc4)CC[C@H]3C2[C@@H]1O. The van der Waals surface area contributed by atoms with Gasteiger partial charge in [-0.2, -0.15) is 5.10 Å². The van der Waals surface area contributed by atoms with Crippen LogP contribution in [0.25, 0.3) is 5.69 Å². The van der Waals surface area contributed by atoms with Gasteiger partial charge >= 0.3 is 6.09 Å². The molecule has 4 aliphatic rings. The molecule has 11 atom stereocenters. The normalized spacial score (nSPS) is 39.0. The second-order valence-corrected chi connectivity index (χ2v) is 16.4. The van der Waals surface area contributed by atoms with Gasteiger partial charge in [-0.05, 0) is 128 Å². The second-order valence-electron chi connectivity index (χ2n) is 14.7. The molecule has 3 N–H and O–H groups in total. The molecule has 1 aromatic heterocycles. The fourth-order valence-corrected chi connectivity index (χ4v) is 11.5. The number of nitrogens with one attached hydrogen (secondary N) is 1. The maximum Gasteiger partial charge on any atom is 0.421 e. The molecule has 2 aromatic rings. The van der Waals surface area contributed by atoms with Crippen molar-refractivity contribution in [2.75, 3.05) is 6.61 Å². The predicted molar refractivity (Wildman–Crippen MR) is 166 cm³/mol. The van der Waals surface area contributed by atoms with Gasteiger partial charge in [0.2, 0.25) is 0 Å². The van der Waals surface area contributed by atoms with Crippen LogP contribution in [0.4, 0.5) is 4.79 Å². The first-order chi connectivity index (χ1) is 20.9. The minimum atomic E-state index is -4.09. The fraction of sp³-hybridized carbons (Fsp3) is 0.706. The van der Waals surface area contributed by atoms with Crippen LogP contribution in [0.1, 0.15) is 79.1 Å². The summed E-state index contributed by atoms with van der Waals surface area (Å²) in [5.74, 6) is 2.07. The number of carbonyl (C=O) groups excluding carboxylic acids is 1. The molecule has 4 aliphatic carbocycles. The Bertz CT molecular complexity index is 1430. The fourth-order valence-electron chi connectivity index (χ4n) is 10.7. The highest BCUT2D eigenvalue weighted by Crippen LogP contribution is 2.69. The number of benzene rings is 1. The van der Waals surface area contributed by atoms with Crippen LogP contribution in [-0.4, -0.2) is 53.3 Å². The van der Waals surface area contributed by atoms with Crippen LogP contribution in [-0.2, 0) is 14.8 Å². The maximum absolute atomic E-state index is 12.9. The molecule has 0 saturated heterocycles. The third-order valence-electron chi connectivity index (χ3n) is 12.8. The molecule has 9 nitrogen and oxygen atoms in total. The Morgan fingerprint density at radius 3 is 2.45 bits per heavy atom. The highest BCUT2D eigenvalue weighted by Gasteiger charge is 2.64. The summed E-state index contributed by atoms with van der Waals surface area (Å²) in [5, 5.41) is 26.6. The van der Waals surface area contributed by atoms with Crippen LogP contribution in [0, 0.1) is 52.3 Å². The number of aliphatic hydroxyl groups is 2. The predicted octanol–water partition coefficient (Wildman–Crippen LogP) is 5.55. The molecule has 242 valence electrons. The highest BCUT2D eigenvalue weighted by molar-refractivity contribution is 7.90. The van der Waals surface area contributed by atoms with E-state index in [1.54, 1.807) is 35.3 Å². The Morgan fingerprint density at radius 2 is 1.77 bits per heavy atom. The molecule has 0 spiro atoms. The number of rotatable bonds is 7. The summed E-state index contributed by atoms with van der Waals surface area (Å²) < 4.78 is 34.9. The minimum absolute atomic E-state index is 0.0267. The van der Waals surface area contributed by atoms with Gasteiger partial charge in [-0.25, -0.2) is 22.6 Å². The Hall–Kier alpha value is -2.43. The average Bonchev–Trinajstić information content (AvgIpc) is 3.65. The number of fused-ring (bicyclic) bond motifs is 5. The summed E-state index contributed by atoms with van der Waals surface area (Å²) in [6.45, 7) is 9.26. The molecule has 4 saturated carbocycles. The number of aromatic nitrogens is 2. The van der Waals surface area contributed by atoms with Crippen molar-refractivity contribution in [3.63, 3.8) is 0 Å². The third kappa shape index (κ3) is 5.28. The number of nitrogens with zero attached hydrogens (tertiary/aromatic N) is 2. The summed E-state index contributed by atoms with van der Waals surface area (Å²) in [5.41, 5.74) is 0.890. The van der Waals surface area contributed by atoms with E-state index in [2.05, 4.69) is 37.5 Å². The van der Waals surface area contributed by atoms with Gasteiger partial charge in [0.05, 0.1) is 29.4 Å². The first kappa shape index (κ1) is 31.5. The van der Waals surface area contributed by atoms with Gasteiger partial charge in [-0.1, -0.05) is 34.1 Å². The lowest BCUT2D eigenvalue weighted by molar-refractivity contribution is -0.203. The van der Waals surface area contributed by atoms with Crippen molar-refractivity contribution < 1.29 is 28.2 Å². The molecule has 1 amide bonds. The molecule has 6 rings (SSSR count). The largest absolute Gasteiger partial charge is 0.449 e.